The maximum absolute atomic E-state index is 5.97. The van der Waals surface area contributed by atoms with Crippen LogP contribution < -0.4 is 11.1 Å². The van der Waals surface area contributed by atoms with Crippen molar-refractivity contribution in [2.45, 2.75) is 6.92 Å². The zero-order valence-corrected chi connectivity index (χ0v) is 10.9. The lowest BCUT2D eigenvalue weighted by Gasteiger charge is -2.03. The molecule has 3 aromatic heterocycles. The van der Waals surface area contributed by atoms with Gasteiger partial charge in [-0.1, -0.05) is 11.6 Å². The van der Waals surface area contributed by atoms with Crippen LogP contribution in [0, 0.1) is 6.92 Å². The molecule has 0 saturated carbocycles. The van der Waals surface area contributed by atoms with E-state index in [0.29, 0.717) is 27.8 Å². The highest BCUT2D eigenvalue weighted by Crippen LogP contribution is 2.28. The first-order chi connectivity index (χ1) is 8.63. The number of halogens is 1. The Hall–Kier alpha value is -1.86. The van der Waals surface area contributed by atoms with Crippen molar-refractivity contribution >= 4 is 50.9 Å². The first-order valence-corrected chi connectivity index (χ1v) is 6.29. The summed E-state index contributed by atoms with van der Waals surface area (Å²) in [6.45, 7) is 1.92. The molecule has 0 saturated heterocycles. The number of nitrogen functional groups attached to an aromatic ring is 1. The van der Waals surface area contributed by atoms with Crippen LogP contribution in [0.1, 0.15) is 5.69 Å². The molecule has 3 heterocycles. The molecule has 0 aliphatic carbocycles. The predicted octanol–water partition coefficient (Wildman–Crippen LogP) is 2.70. The van der Waals surface area contributed by atoms with Gasteiger partial charge in [0.2, 0.25) is 5.95 Å². The number of rotatable bonds is 2. The number of nitrogens with zero attached hydrogens (tertiary/aromatic N) is 3. The van der Waals surface area contributed by atoms with Gasteiger partial charge in [-0.15, -0.1) is 0 Å². The molecule has 0 aromatic carbocycles. The molecular formula is C10H9ClN6S. The third-order valence-corrected chi connectivity index (χ3v) is 3.47. The maximum atomic E-state index is 5.97. The van der Waals surface area contributed by atoms with Gasteiger partial charge >= 0.3 is 0 Å². The van der Waals surface area contributed by atoms with Gasteiger partial charge in [0.25, 0.3) is 0 Å². The standard InChI is InChI=1S/C10H9ClN6S/c1-4-2-6(18-17-4)14-10-15-8(12)7-5(11)3-13-9(7)16-10/h2-3H,1H3,(H4,12,13,14,15,16). The van der Waals surface area contributed by atoms with E-state index in [1.807, 2.05) is 13.0 Å². The Bertz CT molecular complexity index is 718. The van der Waals surface area contributed by atoms with Crippen LogP contribution in [-0.4, -0.2) is 19.3 Å². The number of aryl methyl sites for hydroxylation is 1. The quantitative estimate of drug-likeness (QED) is 0.671. The molecule has 0 unspecified atom stereocenters. The number of anilines is 3. The van der Waals surface area contributed by atoms with Crippen molar-refractivity contribution in [1.29, 1.82) is 0 Å². The van der Waals surface area contributed by atoms with Crippen molar-refractivity contribution in [3.05, 3.63) is 23.0 Å². The van der Waals surface area contributed by atoms with Crippen LogP contribution >= 0.6 is 23.1 Å². The topological polar surface area (TPSA) is 92.5 Å². The minimum absolute atomic E-state index is 0.343. The average molecular weight is 281 g/mol. The normalized spacial score (nSPS) is 11.0. The second kappa shape index (κ2) is 4.11. The summed E-state index contributed by atoms with van der Waals surface area (Å²) >= 11 is 7.32. The molecular weight excluding hydrogens is 272 g/mol. The van der Waals surface area contributed by atoms with Crippen LogP contribution in [0.3, 0.4) is 0 Å². The minimum Gasteiger partial charge on any atom is -0.383 e. The smallest absolute Gasteiger partial charge is 0.231 e. The van der Waals surface area contributed by atoms with E-state index >= 15 is 0 Å². The zero-order valence-electron chi connectivity index (χ0n) is 9.36. The molecule has 0 atom stereocenters. The van der Waals surface area contributed by atoms with Gasteiger partial charge in [0.05, 0.1) is 16.1 Å². The van der Waals surface area contributed by atoms with E-state index in [9.17, 15) is 0 Å². The van der Waals surface area contributed by atoms with Gasteiger partial charge in [0.1, 0.15) is 16.5 Å². The van der Waals surface area contributed by atoms with Gasteiger partial charge in [0, 0.05) is 6.20 Å². The van der Waals surface area contributed by atoms with Gasteiger partial charge < -0.3 is 16.0 Å². The molecule has 0 aliphatic rings. The van der Waals surface area contributed by atoms with E-state index in [2.05, 4.69) is 24.6 Å². The number of nitrogens with one attached hydrogen (secondary N) is 2. The van der Waals surface area contributed by atoms with Crippen molar-refractivity contribution in [3.63, 3.8) is 0 Å². The Kier molecular flexibility index (Phi) is 2.57. The predicted molar refractivity (Wildman–Crippen MR) is 73.4 cm³/mol. The Morgan fingerprint density at radius 1 is 1.44 bits per heavy atom. The summed E-state index contributed by atoms with van der Waals surface area (Å²) in [6, 6.07) is 1.91. The summed E-state index contributed by atoms with van der Waals surface area (Å²) < 4.78 is 4.17. The number of nitrogens with two attached hydrogens (primary N) is 1. The van der Waals surface area contributed by atoms with Crippen LogP contribution in [0.25, 0.3) is 11.0 Å². The fourth-order valence-corrected chi connectivity index (χ4v) is 2.51. The minimum atomic E-state index is 0.343. The molecule has 92 valence electrons. The van der Waals surface area contributed by atoms with Crippen molar-refractivity contribution < 1.29 is 0 Å². The van der Waals surface area contributed by atoms with E-state index in [4.69, 9.17) is 17.3 Å². The van der Waals surface area contributed by atoms with Gasteiger partial charge in [-0.25, -0.2) is 0 Å². The molecule has 3 aromatic rings. The zero-order chi connectivity index (χ0) is 12.7. The lowest BCUT2D eigenvalue weighted by atomic mass is 10.4. The molecule has 0 bridgehead atoms. The van der Waals surface area contributed by atoms with Crippen LogP contribution in [0.4, 0.5) is 16.8 Å². The highest BCUT2D eigenvalue weighted by molar-refractivity contribution is 7.10. The second-order valence-corrected chi connectivity index (χ2v) is 4.96. The van der Waals surface area contributed by atoms with Crippen molar-refractivity contribution in [3.8, 4) is 0 Å². The van der Waals surface area contributed by atoms with Crippen LogP contribution in [0.2, 0.25) is 5.02 Å². The molecule has 0 amide bonds. The summed E-state index contributed by atoms with van der Waals surface area (Å²) in [5.41, 5.74) is 7.40. The molecule has 0 spiro atoms. The van der Waals surface area contributed by atoms with Crippen molar-refractivity contribution in [2.24, 2.45) is 0 Å². The number of aromatic nitrogens is 4. The third-order valence-electron chi connectivity index (χ3n) is 2.37. The van der Waals surface area contributed by atoms with Crippen LogP contribution in [0.15, 0.2) is 12.3 Å². The molecule has 4 N–H and O–H groups in total. The van der Waals surface area contributed by atoms with E-state index in [0.717, 1.165) is 10.7 Å². The van der Waals surface area contributed by atoms with Crippen LogP contribution in [0.5, 0.6) is 0 Å². The third kappa shape index (κ3) is 1.87. The van der Waals surface area contributed by atoms with Gasteiger partial charge in [-0.2, -0.15) is 14.3 Å². The molecule has 0 aliphatic heterocycles. The lowest BCUT2D eigenvalue weighted by Crippen LogP contribution is -2.00. The number of H-pyrrole nitrogens is 1. The monoisotopic (exact) mass is 280 g/mol. The molecule has 18 heavy (non-hydrogen) atoms. The number of hydrogen-bond acceptors (Lipinski definition) is 6. The van der Waals surface area contributed by atoms with Gasteiger partial charge in [-0.3, -0.25) is 0 Å². The lowest BCUT2D eigenvalue weighted by molar-refractivity contribution is 1.20. The van der Waals surface area contributed by atoms with E-state index in [1.165, 1.54) is 11.5 Å². The Morgan fingerprint density at radius 3 is 3.00 bits per heavy atom. The van der Waals surface area contributed by atoms with Crippen molar-refractivity contribution in [1.82, 2.24) is 19.3 Å². The fraction of sp³-hybridized carbons (Fsp3) is 0.100. The molecule has 0 radical (unpaired) electrons. The molecule has 8 heteroatoms. The van der Waals surface area contributed by atoms with Crippen LogP contribution in [-0.2, 0) is 0 Å². The van der Waals surface area contributed by atoms with Gasteiger partial charge in [0.15, 0.2) is 0 Å². The summed E-state index contributed by atoms with van der Waals surface area (Å²) in [5, 5.41) is 5.08. The molecule has 0 fully saturated rings. The maximum Gasteiger partial charge on any atom is 0.231 e. The SMILES string of the molecule is Cc1cc(Nc2nc(N)c3c(Cl)c[nH]c3n2)sn1. The number of aromatic amines is 1. The average Bonchev–Trinajstić information content (AvgIpc) is 2.86. The highest BCUT2D eigenvalue weighted by Gasteiger charge is 2.11. The Labute approximate surface area is 111 Å². The Balaban J connectivity index is 2.02. The fourth-order valence-electron chi connectivity index (χ4n) is 1.61. The number of hydrogen-bond donors (Lipinski definition) is 3. The summed E-state index contributed by atoms with van der Waals surface area (Å²) in [7, 11) is 0. The summed E-state index contributed by atoms with van der Waals surface area (Å²) in [6.07, 6.45) is 1.64. The summed E-state index contributed by atoms with van der Waals surface area (Å²) in [5.74, 6) is 0.761. The largest absolute Gasteiger partial charge is 0.383 e. The molecule has 6 nitrogen and oxygen atoms in total. The second-order valence-electron chi connectivity index (χ2n) is 3.75. The first-order valence-electron chi connectivity index (χ1n) is 5.14. The van der Waals surface area contributed by atoms with Crippen molar-refractivity contribution in [2.75, 3.05) is 11.1 Å². The van der Waals surface area contributed by atoms with E-state index < -0.39 is 0 Å². The van der Waals surface area contributed by atoms with Gasteiger partial charge in [-0.05, 0) is 24.5 Å². The number of fused-ring (bicyclic) bond motifs is 1. The van der Waals surface area contributed by atoms with E-state index in [1.54, 1.807) is 6.20 Å². The Morgan fingerprint density at radius 2 is 2.28 bits per heavy atom. The highest BCUT2D eigenvalue weighted by atomic mass is 35.5. The first kappa shape index (κ1) is 11.2. The van der Waals surface area contributed by atoms with E-state index in [-0.39, 0.29) is 0 Å². The molecule has 3 rings (SSSR count). The summed E-state index contributed by atoms with van der Waals surface area (Å²) in [4.78, 5) is 11.4.